The summed E-state index contributed by atoms with van der Waals surface area (Å²) in [7, 11) is 0. The van der Waals surface area contributed by atoms with Crippen LogP contribution in [0.15, 0.2) is 29.3 Å². The summed E-state index contributed by atoms with van der Waals surface area (Å²) in [4.78, 5) is 14.9. The van der Waals surface area contributed by atoms with Gasteiger partial charge in [0.1, 0.15) is 0 Å². The van der Waals surface area contributed by atoms with Gasteiger partial charge in [-0.05, 0) is 80.4 Å². The van der Waals surface area contributed by atoms with Gasteiger partial charge in [-0.2, -0.15) is 0 Å². The monoisotopic (exact) mass is 660 g/mol. The minimum absolute atomic E-state index is 0.403. The highest BCUT2D eigenvalue weighted by Gasteiger charge is 2.42. The first kappa shape index (κ1) is 35.5. The van der Waals surface area contributed by atoms with Crippen molar-refractivity contribution in [2.45, 2.75) is 154 Å². The number of nitrogens with zero attached hydrogens (tertiary/aromatic N) is 5. The van der Waals surface area contributed by atoms with Crippen molar-refractivity contribution in [3.63, 3.8) is 0 Å². The van der Waals surface area contributed by atoms with Crippen LogP contribution >= 0.6 is 0 Å². The van der Waals surface area contributed by atoms with Gasteiger partial charge in [-0.1, -0.05) is 109 Å². The second-order valence-electron chi connectivity index (χ2n) is 17.1. The van der Waals surface area contributed by atoms with E-state index in [-0.39, 0.29) is 0 Å². The Morgan fingerprint density at radius 2 is 1.52 bits per heavy atom. The molecule has 4 fully saturated rings. The average molecular weight is 660 g/mol. The highest BCUT2D eigenvalue weighted by Crippen LogP contribution is 2.36. The minimum atomic E-state index is 0.403. The van der Waals surface area contributed by atoms with Crippen LogP contribution in [0, 0.1) is 23.2 Å². The number of nitrogens with two attached hydrogens (primary N) is 1. The fourth-order valence-corrected chi connectivity index (χ4v) is 10.0. The topological polar surface area (TPSA) is 75.2 Å². The van der Waals surface area contributed by atoms with Crippen LogP contribution in [0.1, 0.15) is 135 Å². The number of likely N-dealkylation sites (tertiary alicyclic amines) is 1. The van der Waals surface area contributed by atoms with Gasteiger partial charge in [0.25, 0.3) is 0 Å². The molecular formula is C41H69N7. The van der Waals surface area contributed by atoms with Crippen LogP contribution in [0.4, 0.5) is 0 Å². The molecule has 1 aromatic rings. The first-order valence-corrected chi connectivity index (χ1v) is 20.3. The van der Waals surface area contributed by atoms with Gasteiger partial charge in [-0.15, -0.1) is 0 Å². The zero-order valence-corrected chi connectivity index (χ0v) is 31.1. The summed E-state index contributed by atoms with van der Waals surface area (Å²) in [5.74, 6) is 4.26. The van der Waals surface area contributed by atoms with Gasteiger partial charge >= 0.3 is 0 Å². The summed E-state index contributed by atoms with van der Waals surface area (Å²) in [6.07, 6.45) is 20.0. The first-order valence-electron chi connectivity index (χ1n) is 20.3. The zero-order valence-electron chi connectivity index (χ0n) is 31.1. The number of hydrogen-bond donors (Lipinski definition) is 2. The maximum absolute atomic E-state index is 9.88. The molecule has 3 aliphatic heterocycles. The SMILES string of the molecule is CC(C)Cc1ccc(C(C)CN2C(=N)N([C@@H](CC3CCCCC3)CN3CCCC3CN3C(N)=NC[C@@H]3C)C[C@@H]2CC2CCCCC2)cc1. The molecule has 7 heteroatoms. The maximum atomic E-state index is 9.88. The van der Waals surface area contributed by atoms with Crippen LogP contribution < -0.4 is 5.73 Å². The van der Waals surface area contributed by atoms with Crippen LogP contribution in [0.3, 0.4) is 0 Å². The third-order valence-electron chi connectivity index (χ3n) is 12.9. The Morgan fingerprint density at radius 1 is 0.833 bits per heavy atom. The fraction of sp³-hybridized carbons (Fsp3) is 0.805. The van der Waals surface area contributed by atoms with E-state index in [4.69, 9.17) is 5.73 Å². The molecule has 48 heavy (non-hydrogen) atoms. The van der Waals surface area contributed by atoms with Crippen LogP contribution in [0.2, 0.25) is 0 Å². The van der Waals surface area contributed by atoms with Crippen molar-refractivity contribution in [3.8, 4) is 0 Å². The number of benzene rings is 1. The molecule has 7 nitrogen and oxygen atoms in total. The predicted molar refractivity (Wildman–Crippen MR) is 202 cm³/mol. The normalized spacial score (nSPS) is 27.8. The number of aliphatic imine (C=N–C) groups is 1. The molecule has 0 radical (unpaired) electrons. The molecule has 0 aromatic heterocycles. The van der Waals surface area contributed by atoms with Gasteiger partial charge in [0.05, 0.1) is 6.54 Å². The Hall–Kier alpha value is -2.28. The minimum Gasteiger partial charge on any atom is -0.370 e. The van der Waals surface area contributed by atoms with E-state index >= 15 is 0 Å². The molecule has 0 spiro atoms. The summed E-state index contributed by atoms with van der Waals surface area (Å²) in [6.45, 7) is 15.3. The van der Waals surface area contributed by atoms with Crippen LogP contribution in [-0.4, -0.2) is 95.0 Å². The molecule has 2 aliphatic carbocycles. The lowest BCUT2D eigenvalue weighted by Gasteiger charge is -2.39. The molecule has 2 saturated heterocycles. The maximum Gasteiger partial charge on any atom is 0.194 e. The largest absolute Gasteiger partial charge is 0.370 e. The van der Waals surface area contributed by atoms with E-state index in [2.05, 4.69) is 76.6 Å². The van der Waals surface area contributed by atoms with Gasteiger partial charge in [0, 0.05) is 50.3 Å². The molecule has 6 rings (SSSR count). The van der Waals surface area contributed by atoms with Crippen LogP contribution in [0.5, 0.6) is 0 Å². The van der Waals surface area contributed by atoms with Gasteiger partial charge in [0.2, 0.25) is 0 Å². The fourth-order valence-electron chi connectivity index (χ4n) is 10.0. The van der Waals surface area contributed by atoms with Gasteiger partial charge in [-0.3, -0.25) is 15.3 Å². The van der Waals surface area contributed by atoms with Crippen molar-refractivity contribution in [3.05, 3.63) is 35.4 Å². The molecule has 5 aliphatic rings. The standard InChI is InChI=1S/C41H69N7/c1-30(2)22-35-17-19-36(20-18-35)31(3)26-47-39(24-34-14-9-6-10-15-34)29-48(41(47)43)38(23-33-12-7-5-8-13-33)27-45-21-11-16-37(45)28-46-32(4)25-44-40(46)42/h17-20,30-34,37-39,43H,5-16,21-29H2,1-4H3,(H2,42,44)/t31?,32-,37?,38-,39-/m0/s1. The Balaban J connectivity index is 1.20. The van der Waals surface area contributed by atoms with Crippen molar-refractivity contribution in [1.29, 1.82) is 5.41 Å². The number of hydrogen-bond acceptors (Lipinski definition) is 5. The Kier molecular flexibility index (Phi) is 12.3. The molecular weight excluding hydrogens is 591 g/mol. The Bertz CT molecular complexity index is 1180. The quantitative estimate of drug-likeness (QED) is 0.214. The van der Waals surface area contributed by atoms with Crippen molar-refractivity contribution in [2.75, 3.05) is 39.3 Å². The number of rotatable bonds is 14. The molecule has 268 valence electrons. The summed E-state index contributed by atoms with van der Waals surface area (Å²) >= 11 is 0. The molecule has 0 bridgehead atoms. The van der Waals surface area contributed by atoms with E-state index in [9.17, 15) is 5.41 Å². The number of nitrogens with one attached hydrogen (secondary N) is 1. The van der Waals surface area contributed by atoms with E-state index in [1.165, 1.54) is 108 Å². The van der Waals surface area contributed by atoms with E-state index in [0.717, 1.165) is 62.9 Å². The molecule has 2 unspecified atom stereocenters. The smallest absolute Gasteiger partial charge is 0.194 e. The summed E-state index contributed by atoms with van der Waals surface area (Å²) in [5, 5.41) is 9.88. The van der Waals surface area contributed by atoms with Crippen molar-refractivity contribution in [1.82, 2.24) is 19.6 Å². The van der Waals surface area contributed by atoms with Crippen LogP contribution in [-0.2, 0) is 6.42 Å². The highest BCUT2D eigenvalue weighted by atomic mass is 15.5. The van der Waals surface area contributed by atoms with Crippen LogP contribution in [0.25, 0.3) is 0 Å². The molecule has 3 N–H and O–H groups in total. The predicted octanol–water partition coefficient (Wildman–Crippen LogP) is 7.70. The second kappa shape index (κ2) is 16.6. The first-order chi connectivity index (χ1) is 23.2. The molecule has 1 aromatic carbocycles. The number of guanidine groups is 2. The molecule has 5 atom stereocenters. The summed E-state index contributed by atoms with van der Waals surface area (Å²) in [5.41, 5.74) is 9.23. The van der Waals surface area contributed by atoms with E-state index in [1.54, 1.807) is 0 Å². The Morgan fingerprint density at radius 3 is 2.17 bits per heavy atom. The molecule has 0 amide bonds. The third kappa shape index (κ3) is 8.89. The van der Waals surface area contributed by atoms with E-state index in [0.29, 0.717) is 36.0 Å². The molecule has 3 heterocycles. The summed E-state index contributed by atoms with van der Waals surface area (Å²) < 4.78 is 0. The van der Waals surface area contributed by atoms with Gasteiger partial charge in [0.15, 0.2) is 11.9 Å². The van der Waals surface area contributed by atoms with E-state index < -0.39 is 0 Å². The van der Waals surface area contributed by atoms with Crippen molar-refractivity contribution in [2.24, 2.45) is 28.5 Å². The lowest BCUT2D eigenvalue weighted by Crippen LogP contribution is -2.52. The van der Waals surface area contributed by atoms with Crippen molar-refractivity contribution < 1.29 is 0 Å². The van der Waals surface area contributed by atoms with Gasteiger partial charge < -0.3 is 20.4 Å². The second-order valence-corrected chi connectivity index (χ2v) is 17.1. The zero-order chi connectivity index (χ0) is 33.6. The van der Waals surface area contributed by atoms with Crippen molar-refractivity contribution >= 4 is 11.9 Å². The third-order valence-corrected chi connectivity index (χ3v) is 12.9. The Labute approximate surface area is 293 Å². The van der Waals surface area contributed by atoms with E-state index in [1.807, 2.05) is 0 Å². The summed E-state index contributed by atoms with van der Waals surface area (Å²) in [6, 6.07) is 11.2. The lowest BCUT2D eigenvalue weighted by atomic mass is 9.83. The average Bonchev–Trinajstić information content (AvgIpc) is 3.75. The van der Waals surface area contributed by atoms with Gasteiger partial charge in [-0.25, -0.2) is 0 Å². The highest BCUT2D eigenvalue weighted by molar-refractivity contribution is 5.80. The molecule has 2 saturated carbocycles. The lowest BCUT2D eigenvalue weighted by molar-refractivity contribution is 0.138.